The molecule has 1 aromatic heterocycles. The van der Waals surface area contributed by atoms with Crippen LogP contribution in [0.1, 0.15) is 18.9 Å². The summed E-state index contributed by atoms with van der Waals surface area (Å²) in [6.07, 6.45) is 0.580. The van der Waals surface area contributed by atoms with Gasteiger partial charge in [-0.15, -0.1) is 10.2 Å². The van der Waals surface area contributed by atoms with Gasteiger partial charge in [-0.05, 0) is 37.6 Å². The van der Waals surface area contributed by atoms with Crippen LogP contribution in [-0.4, -0.2) is 30.8 Å². The highest BCUT2D eigenvalue weighted by Gasteiger charge is 2.24. The molecule has 0 fully saturated rings. The molecule has 172 valence electrons. The third-order valence-electron chi connectivity index (χ3n) is 5.19. The van der Waals surface area contributed by atoms with E-state index in [1.165, 1.54) is 23.9 Å². The number of thioether (sulfide) groups is 1. The summed E-state index contributed by atoms with van der Waals surface area (Å²) < 4.78 is 1.82. The van der Waals surface area contributed by atoms with Crippen molar-refractivity contribution in [1.29, 1.82) is 0 Å². The van der Waals surface area contributed by atoms with Crippen molar-refractivity contribution in [1.82, 2.24) is 14.8 Å². The standard InChI is InChI=1S/C25H23N5O3S/c1-3-22(24(31)26-19-14-12-17(2)13-15-19)34-25-28-27-23(29(25)20-9-5-4-6-10-20)18-8-7-11-21(16-18)30(32)33/h4-16,22H,3H2,1-2H3,(H,26,31). The zero-order valence-corrected chi connectivity index (χ0v) is 19.5. The molecule has 0 bridgehead atoms. The van der Waals surface area contributed by atoms with Crippen molar-refractivity contribution in [3.63, 3.8) is 0 Å². The topological polar surface area (TPSA) is 103 Å². The molecule has 1 unspecified atom stereocenters. The molecule has 1 heterocycles. The predicted molar refractivity (Wildman–Crippen MR) is 133 cm³/mol. The van der Waals surface area contributed by atoms with E-state index in [0.29, 0.717) is 23.0 Å². The van der Waals surface area contributed by atoms with Gasteiger partial charge in [0, 0.05) is 29.1 Å². The lowest BCUT2D eigenvalue weighted by Crippen LogP contribution is -2.25. The van der Waals surface area contributed by atoms with Crippen LogP contribution in [0.15, 0.2) is 84.0 Å². The number of aromatic nitrogens is 3. The Hall–Kier alpha value is -3.98. The first-order chi connectivity index (χ1) is 16.5. The monoisotopic (exact) mass is 473 g/mol. The Bertz CT molecular complexity index is 1310. The van der Waals surface area contributed by atoms with Crippen LogP contribution >= 0.6 is 11.8 Å². The van der Waals surface area contributed by atoms with E-state index in [1.54, 1.807) is 12.1 Å². The van der Waals surface area contributed by atoms with Gasteiger partial charge in [0.1, 0.15) is 0 Å². The number of nitrogens with one attached hydrogen (secondary N) is 1. The van der Waals surface area contributed by atoms with E-state index in [-0.39, 0.29) is 11.6 Å². The number of amides is 1. The number of carbonyl (C=O) groups is 1. The second kappa shape index (κ2) is 10.3. The number of carbonyl (C=O) groups excluding carboxylic acids is 1. The van der Waals surface area contributed by atoms with Gasteiger partial charge in [-0.3, -0.25) is 19.5 Å². The summed E-state index contributed by atoms with van der Waals surface area (Å²) in [6.45, 7) is 3.93. The normalized spacial score (nSPS) is 11.7. The second-order valence-corrected chi connectivity index (χ2v) is 8.82. The van der Waals surface area contributed by atoms with Crippen molar-refractivity contribution >= 4 is 29.0 Å². The zero-order valence-electron chi connectivity index (χ0n) is 18.7. The Morgan fingerprint density at radius 3 is 2.47 bits per heavy atom. The smallest absolute Gasteiger partial charge is 0.270 e. The van der Waals surface area contributed by atoms with Gasteiger partial charge in [0.25, 0.3) is 5.69 Å². The van der Waals surface area contributed by atoms with Crippen LogP contribution in [0.3, 0.4) is 0 Å². The number of nitrogens with zero attached hydrogens (tertiary/aromatic N) is 4. The van der Waals surface area contributed by atoms with Gasteiger partial charge >= 0.3 is 0 Å². The van der Waals surface area contributed by atoms with Crippen LogP contribution in [0.4, 0.5) is 11.4 Å². The highest BCUT2D eigenvalue weighted by atomic mass is 32.2. The fourth-order valence-corrected chi connectivity index (χ4v) is 4.38. The molecule has 0 saturated heterocycles. The van der Waals surface area contributed by atoms with Crippen LogP contribution in [0.2, 0.25) is 0 Å². The van der Waals surface area contributed by atoms with Gasteiger partial charge in [-0.25, -0.2) is 0 Å². The summed E-state index contributed by atoms with van der Waals surface area (Å²) in [5.41, 5.74) is 3.18. The number of non-ortho nitro benzene ring substituents is 1. The first-order valence-corrected chi connectivity index (χ1v) is 11.6. The van der Waals surface area contributed by atoms with Gasteiger partial charge < -0.3 is 5.32 Å². The van der Waals surface area contributed by atoms with E-state index in [2.05, 4.69) is 15.5 Å². The van der Waals surface area contributed by atoms with E-state index in [9.17, 15) is 14.9 Å². The molecule has 4 rings (SSSR count). The van der Waals surface area contributed by atoms with Crippen molar-refractivity contribution in [3.05, 3.63) is 94.5 Å². The molecule has 0 saturated carbocycles. The zero-order chi connectivity index (χ0) is 24.1. The van der Waals surface area contributed by atoms with E-state index < -0.39 is 10.2 Å². The largest absolute Gasteiger partial charge is 0.325 e. The molecular formula is C25H23N5O3S. The minimum absolute atomic E-state index is 0.0294. The van der Waals surface area contributed by atoms with Gasteiger partial charge in [0.2, 0.25) is 5.91 Å². The molecule has 9 heteroatoms. The molecular weight excluding hydrogens is 450 g/mol. The van der Waals surface area contributed by atoms with Gasteiger partial charge in [-0.1, -0.05) is 66.7 Å². The highest BCUT2D eigenvalue weighted by Crippen LogP contribution is 2.32. The summed E-state index contributed by atoms with van der Waals surface area (Å²) in [6, 6.07) is 23.4. The molecule has 3 aromatic carbocycles. The average Bonchev–Trinajstić information content (AvgIpc) is 3.28. The molecule has 4 aromatic rings. The number of nitro groups is 1. The molecule has 34 heavy (non-hydrogen) atoms. The minimum Gasteiger partial charge on any atom is -0.325 e. The predicted octanol–water partition coefficient (Wildman–Crippen LogP) is 5.66. The first kappa shape index (κ1) is 23.2. The highest BCUT2D eigenvalue weighted by molar-refractivity contribution is 8.00. The Balaban J connectivity index is 1.68. The molecule has 0 radical (unpaired) electrons. The SMILES string of the molecule is CCC(Sc1nnc(-c2cccc([N+](=O)[O-])c2)n1-c1ccccc1)C(=O)Nc1ccc(C)cc1. The quantitative estimate of drug-likeness (QED) is 0.201. The Labute approximate surface area is 201 Å². The minimum atomic E-state index is -0.440. The first-order valence-electron chi connectivity index (χ1n) is 10.8. The Morgan fingerprint density at radius 1 is 1.06 bits per heavy atom. The van der Waals surface area contributed by atoms with E-state index in [0.717, 1.165) is 16.9 Å². The van der Waals surface area contributed by atoms with E-state index in [4.69, 9.17) is 0 Å². The van der Waals surface area contributed by atoms with Crippen molar-refractivity contribution in [2.24, 2.45) is 0 Å². The summed E-state index contributed by atoms with van der Waals surface area (Å²) in [5.74, 6) is 0.335. The van der Waals surface area contributed by atoms with Crippen LogP contribution in [0.5, 0.6) is 0 Å². The fraction of sp³-hybridized carbons (Fsp3) is 0.160. The molecule has 0 spiro atoms. The van der Waals surface area contributed by atoms with Crippen LogP contribution in [0, 0.1) is 17.0 Å². The molecule has 1 amide bonds. The van der Waals surface area contributed by atoms with Gasteiger partial charge in [-0.2, -0.15) is 0 Å². The van der Waals surface area contributed by atoms with Gasteiger partial charge in [0.05, 0.1) is 10.2 Å². The summed E-state index contributed by atoms with van der Waals surface area (Å²) >= 11 is 1.31. The van der Waals surface area contributed by atoms with E-state index in [1.807, 2.05) is 73.0 Å². The molecule has 8 nitrogen and oxygen atoms in total. The van der Waals surface area contributed by atoms with E-state index >= 15 is 0 Å². The average molecular weight is 474 g/mol. The van der Waals surface area contributed by atoms with Crippen molar-refractivity contribution < 1.29 is 9.72 Å². The Kier molecular flexibility index (Phi) is 7.03. The molecule has 0 aliphatic heterocycles. The Morgan fingerprint density at radius 2 is 1.79 bits per heavy atom. The fourth-order valence-electron chi connectivity index (χ4n) is 3.41. The number of hydrogen-bond donors (Lipinski definition) is 1. The van der Waals surface area contributed by atoms with Crippen LogP contribution in [-0.2, 0) is 4.79 Å². The van der Waals surface area contributed by atoms with Crippen molar-refractivity contribution in [2.45, 2.75) is 30.7 Å². The maximum Gasteiger partial charge on any atom is 0.270 e. The third kappa shape index (κ3) is 5.15. The lowest BCUT2D eigenvalue weighted by Gasteiger charge is -2.16. The second-order valence-electron chi connectivity index (χ2n) is 7.65. The van der Waals surface area contributed by atoms with Crippen molar-refractivity contribution in [2.75, 3.05) is 5.32 Å². The van der Waals surface area contributed by atoms with Crippen molar-refractivity contribution in [3.8, 4) is 17.1 Å². The number of benzene rings is 3. The molecule has 1 atom stereocenters. The summed E-state index contributed by atoms with van der Waals surface area (Å²) in [5, 5.41) is 23.1. The lowest BCUT2D eigenvalue weighted by atomic mass is 10.2. The number of rotatable bonds is 8. The number of hydrogen-bond acceptors (Lipinski definition) is 6. The lowest BCUT2D eigenvalue weighted by molar-refractivity contribution is -0.384. The number of para-hydroxylation sites is 1. The third-order valence-corrected chi connectivity index (χ3v) is 6.50. The molecule has 0 aliphatic carbocycles. The maximum atomic E-state index is 13.0. The summed E-state index contributed by atoms with van der Waals surface area (Å²) in [4.78, 5) is 23.9. The van der Waals surface area contributed by atoms with Crippen LogP contribution in [0.25, 0.3) is 17.1 Å². The number of nitro benzene ring substituents is 1. The number of anilines is 1. The van der Waals surface area contributed by atoms with Gasteiger partial charge in [0.15, 0.2) is 11.0 Å². The molecule has 1 N–H and O–H groups in total. The number of aryl methyl sites for hydroxylation is 1. The maximum absolute atomic E-state index is 13.0. The molecule has 0 aliphatic rings. The summed E-state index contributed by atoms with van der Waals surface area (Å²) in [7, 11) is 0. The van der Waals surface area contributed by atoms with Crippen LogP contribution < -0.4 is 5.32 Å².